The van der Waals surface area contributed by atoms with Crippen LogP contribution in [0.15, 0.2) is 18.5 Å². The third-order valence-corrected chi connectivity index (χ3v) is 3.23. The zero-order valence-electron chi connectivity index (χ0n) is 13.5. The fourth-order valence-electron chi connectivity index (χ4n) is 1.95. The van der Waals surface area contributed by atoms with Gasteiger partial charge in [-0.15, -0.1) is 0 Å². The maximum Gasteiger partial charge on any atom is 0.407 e. The molecule has 0 aliphatic carbocycles. The molecule has 10 heteroatoms. The van der Waals surface area contributed by atoms with E-state index in [9.17, 15) is 13.6 Å². The SMILES string of the molecule is CC(C)(C)OC(=O)NCc1cn2ncc(C(NS)C(F)F)cc2n1. The summed E-state index contributed by atoms with van der Waals surface area (Å²) in [6, 6.07) is 0.246. The summed E-state index contributed by atoms with van der Waals surface area (Å²) in [7, 11) is 0. The van der Waals surface area contributed by atoms with E-state index in [-0.39, 0.29) is 12.1 Å². The second-order valence-electron chi connectivity index (χ2n) is 6.12. The van der Waals surface area contributed by atoms with Crippen molar-refractivity contribution in [2.75, 3.05) is 0 Å². The second kappa shape index (κ2) is 7.31. The van der Waals surface area contributed by atoms with Gasteiger partial charge in [0.25, 0.3) is 6.43 Å². The Morgan fingerprint density at radius 2 is 2.17 bits per heavy atom. The number of thiol groups is 1. The molecule has 0 spiro atoms. The predicted octanol–water partition coefficient (Wildman–Crippen LogP) is 2.49. The van der Waals surface area contributed by atoms with Gasteiger partial charge in [0.15, 0.2) is 5.65 Å². The number of amides is 1. The van der Waals surface area contributed by atoms with Crippen LogP contribution < -0.4 is 10.0 Å². The molecular weight excluding hydrogens is 340 g/mol. The predicted molar refractivity (Wildman–Crippen MR) is 86.9 cm³/mol. The van der Waals surface area contributed by atoms with Crippen LogP contribution in [0.2, 0.25) is 0 Å². The minimum absolute atomic E-state index is 0.136. The van der Waals surface area contributed by atoms with Crippen LogP contribution in [0.1, 0.15) is 38.1 Å². The van der Waals surface area contributed by atoms with E-state index in [0.29, 0.717) is 11.3 Å². The van der Waals surface area contributed by atoms with Crippen LogP contribution in [0.4, 0.5) is 13.6 Å². The quantitative estimate of drug-likeness (QED) is 0.715. The summed E-state index contributed by atoms with van der Waals surface area (Å²) in [6.07, 6.45) is -0.276. The Hall–Kier alpha value is -1.94. The largest absolute Gasteiger partial charge is 0.444 e. The zero-order valence-corrected chi connectivity index (χ0v) is 14.3. The fraction of sp³-hybridized carbons (Fsp3) is 0.500. The van der Waals surface area contributed by atoms with Gasteiger partial charge in [-0.3, -0.25) is 4.72 Å². The Balaban J connectivity index is 2.10. The van der Waals surface area contributed by atoms with Crippen molar-refractivity contribution in [3.8, 4) is 0 Å². The van der Waals surface area contributed by atoms with Crippen molar-refractivity contribution in [3.63, 3.8) is 0 Å². The van der Waals surface area contributed by atoms with Gasteiger partial charge < -0.3 is 10.1 Å². The molecule has 2 heterocycles. The van der Waals surface area contributed by atoms with Crippen LogP contribution in [-0.2, 0) is 11.3 Å². The number of aromatic nitrogens is 3. The maximum absolute atomic E-state index is 12.9. The lowest BCUT2D eigenvalue weighted by atomic mass is 10.1. The summed E-state index contributed by atoms with van der Waals surface area (Å²) in [5.74, 6) is 0. The number of fused-ring (bicyclic) bond motifs is 1. The van der Waals surface area contributed by atoms with Crippen molar-refractivity contribution < 1.29 is 18.3 Å². The van der Waals surface area contributed by atoms with Gasteiger partial charge in [-0.2, -0.15) is 5.10 Å². The molecule has 0 radical (unpaired) electrons. The number of ether oxygens (including phenoxy) is 1. The smallest absolute Gasteiger partial charge is 0.407 e. The van der Waals surface area contributed by atoms with Crippen LogP contribution in [0.5, 0.6) is 0 Å². The lowest BCUT2D eigenvalue weighted by Gasteiger charge is -2.19. The number of halogens is 2. The molecule has 0 fully saturated rings. The summed E-state index contributed by atoms with van der Waals surface area (Å²) in [5.41, 5.74) is 0.592. The number of imidazole rings is 1. The molecule has 0 saturated heterocycles. The number of hydrogen-bond acceptors (Lipinski definition) is 6. The Kier molecular flexibility index (Phi) is 5.60. The number of carbonyl (C=O) groups excluding carboxylic acids is 1. The molecule has 2 N–H and O–H groups in total. The van der Waals surface area contributed by atoms with E-state index in [4.69, 9.17) is 4.74 Å². The molecule has 1 unspecified atom stereocenters. The van der Waals surface area contributed by atoms with Gasteiger partial charge in [-0.05, 0) is 32.4 Å². The Labute approximate surface area is 143 Å². The van der Waals surface area contributed by atoms with Crippen LogP contribution in [0, 0.1) is 0 Å². The molecule has 0 saturated carbocycles. The highest BCUT2D eigenvalue weighted by atomic mass is 32.1. The molecule has 132 valence electrons. The third-order valence-electron chi connectivity index (χ3n) is 2.95. The van der Waals surface area contributed by atoms with Gasteiger partial charge in [0.1, 0.15) is 11.6 Å². The highest BCUT2D eigenvalue weighted by molar-refractivity contribution is 7.78. The van der Waals surface area contributed by atoms with Crippen molar-refractivity contribution >= 4 is 24.6 Å². The zero-order chi connectivity index (χ0) is 17.9. The van der Waals surface area contributed by atoms with E-state index in [1.165, 1.54) is 16.8 Å². The number of carbonyl (C=O) groups is 1. The molecule has 2 aromatic heterocycles. The number of alkyl carbamates (subject to hydrolysis) is 1. The topological polar surface area (TPSA) is 80.5 Å². The van der Waals surface area contributed by atoms with Gasteiger partial charge in [-0.25, -0.2) is 23.1 Å². The molecule has 1 atom stereocenters. The number of rotatable bonds is 5. The van der Waals surface area contributed by atoms with E-state index in [1.54, 1.807) is 27.0 Å². The van der Waals surface area contributed by atoms with Crippen molar-refractivity contribution in [2.45, 2.75) is 45.4 Å². The Bertz CT molecular complexity index is 717. The average molecular weight is 359 g/mol. The molecule has 2 aromatic rings. The molecule has 0 aliphatic rings. The first-order valence-electron chi connectivity index (χ1n) is 7.18. The van der Waals surface area contributed by atoms with Gasteiger partial charge in [0, 0.05) is 0 Å². The van der Waals surface area contributed by atoms with Crippen LogP contribution >= 0.6 is 12.8 Å². The van der Waals surface area contributed by atoms with Gasteiger partial charge in [-0.1, -0.05) is 12.8 Å². The lowest BCUT2D eigenvalue weighted by molar-refractivity contribution is 0.0523. The van der Waals surface area contributed by atoms with E-state index < -0.39 is 24.2 Å². The molecule has 24 heavy (non-hydrogen) atoms. The van der Waals surface area contributed by atoms with Crippen LogP contribution in [-0.4, -0.2) is 32.7 Å². The van der Waals surface area contributed by atoms with Gasteiger partial charge in [0.2, 0.25) is 0 Å². The van der Waals surface area contributed by atoms with E-state index in [2.05, 4.69) is 32.9 Å². The maximum atomic E-state index is 12.9. The first kappa shape index (κ1) is 18.4. The summed E-state index contributed by atoms with van der Waals surface area (Å²) in [4.78, 5) is 15.9. The first-order valence-corrected chi connectivity index (χ1v) is 7.63. The molecular formula is C14H19F2N5O2S. The monoisotopic (exact) mass is 359 g/mol. The van der Waals surface area contributed by atoms with Crippen molar-refractivity contribution in [2.24, 2.45) is 0 Å². The van der Waals surface area contributed by atoms with Crippen molar-refractivity contribution in [1.29, 1.82) is 0 Å². The molecule has 7 nitrogen and oxygen atoms in total. The van der Waals surface area contributed by atoms with E-state index >= 15 is 0 Å². The number of hydrogen-bond donors (Lipinski definition) is 3. The highest BCUT2D eigenvalue weighted by Crippen LogP contribution is 2.21. The van der Waals surface area contributed by atoms with Gasteiger partial charge >= 0.3 is 6.09 Å². The first-order chi connectivity index (χ1) is 11.2. The summed E-state index contributed by atoms with van der Waals surface area (Å²) in [6.45, 7) is 5.42. The van der Waals surface area contributed by atoms with Gasteiger partial charge in [0.05, 0.1) is 24.6 Å². The third kappa shape index (κ3) is 4.78. The minimum Gasteiger partial charge on any atom is -0.444 e. The van der Waals surface area contributed by atoms with E-state index in [0.717, 1.165) is 0 Å². The summed E-state index contributed by atoms with van der Waals surface area (Å²) >= 11 is 3.71. The Morgan fingerprint density at radius 1 is 1.46 bits per heavy atom. The highest BCUT2D eigenvalue weighted by Gasteiger charge is 2.22. The molecule has 1 amide bonds. The number of nitrogens with one attached hydrogen (secondary N) is 2. The fourth-order valence-corrected chi connectivity index (χ4v) is 2.21. The molecule has 0 bridgehead atoms. The van der Waals surface area contributed by atoms with E-state index in [1.807, 2.05) is 0 Å². The molecule has 2 rings (SSSR count). The average Bonchev–Trinajstić information content (AvgIpc) is 2.86. The minimum atomic E-state index is -2.63. The normalized spacial score (nSPS) is 13.3. The van der Waals surface area contributed by atoms with Crippen molar-refractivity contribution in [3.05, 3.63) is 29.7 Å². The molecule has 0 aliphatic heterocycles. The summed E-state index contributed by atoms with van der Waals surface area (Å²) in [5, 5.41) is 6.62. The second-order valence-corrected chi connectivity index (χ2v) is 6.38. The van der Waals surface area contributed by atoms with Crippen LogP contribution in [0.3, 0.4) is 0 Å². The van der Waals surface area contributed by atoms with Crippen LogP contribution in [0.25, 0.3) is 5.65 Å². The Morgan fingerprint density at radius 3 is 2.75 bits per heavy atom. The molecule has 0 aromatic carbocycles. The summed E-state index contributed by atoms with van der Waals surface area (Å²) < 4.78 is 34.6. The lowest BCUT2D eigenvalue weighted by Crippen LogP contribution is -2.32. The van der Waals surface area contributed by atoms with Crippen molar-refractivity contribution in [1.82, 2.24) is 24.6 Å². The number of alkyl halides is 2. The number of nitrogens with zero attached hydrogens (tertiary/aromatic N) is 3. The standard InChI is InChI=1S/C14H19F2N5O2S/c1-14(2,3)23-13(22)17-6-9-7-21-10(19-9)4-8(5-18-21)11(20-24)12(15)16/h4-5,7,11-12,20,24H,6H2,1-3H3,(H,17,22).